The van der Waals surface area contributed by atoms with Gasteiger partial charge in [0.1, 0.15) is 0 Å². The highest BCUT2D eigenvalue weighted by molar-refractivity contribution is 4.93. The fraction of sp³-hybridized carbons (Fsp3) is 0.333. The van der Waals surface area contributed by atoms with Crippen molar-refractivity contribution in [2.45, 2.75) is 6.54 Å². The molecular formula is C6H9N3O2. The minimum Gasteiger partial charge on any atom is -0.467 e. The van der Waals surface area contributed by atoms with Crippen molar-refractivity contribution in [3.05, 3.63) is 23.1 Å². The fourth-order valence-electron chi connectivity index (χ4n) is 0.749. The molecule has 11 heavy (non-hydrogen) atoms. The molecule has 0 saturated heterocycles. The molecule has 0 radical (unpaired) electrons. The summed E-state index contributed by atoms with van der Waals surface area (Å²) >= 11 is 0. The Labute approximate surface area is 63.3 Å². The number of allylic oxidation sites excluding steroid dienone is 1. The minimum atomic E-state index is -0.290. The van der Waals surface area contributed by atoms with Gasteiger partial charge in [0.2, 0.25) is 0 Å². The molecule has 0 saturated carbocycles. The van der Waals surface area contributed by atoms with Gasteiger partial charge in [0.15, 0.2) is 0 Å². The van der Waals surface area contributed by atoms with E-state index in [2.05, 4.69) is 16.8 Å². The molecule has 0 aliphatic heterocycles. The van der Waals surface area contributed by atoms with Crippen LogP contribution in [0, 0.1) is 0 Å². The van der Waals surface area contributed by atoms with Crippen molar-refractivity contribution in [1.82, 2.24) is 14.8 Å². The summed E-state index contributed by atoms with van der Waals surface area (Å²) in [6.07, 6.45) is 1.60. The molecule has 0 aromatic carbocycles. The molecule has 0 atom stereocenters. The highest BCUT2D eigenvalue weighted by Gasteiger charge is 2.04. The van der Waals surface area contributed by atoms with Crippen LogP contribution in [-0.4, -0.2) is 21.9 Å². The van der Waals surface area contributed by atoms with E-state index in [1.54, 1.807) is 6.08 Å². The standard InChI is InChI=1S/C6H9N3O2/c1-3-4-9-5(10)7-8-6(9)11-2/h3H,1,4H2,2H3,(H,7,10). The zero-order valence-corrected chi connectivity index (χ0v) is 6.20. The maximum absolute atomic E-state index is 10.9. The van der Waals surface area contributed by atoms with Crippen LogP contribution in [0.3, 0.4) is 0 Å². The topological polar surface area (TPSA) is 59.9 Å². The van der Waals surface area contributed by atoms with Crippen LogP contribution in [0.1, 0.15) is 0 Å². The first-order valence-electron chi connectivity index (χ1n) is 3.09. The first-order valence-corrected chi connectivity index (χ1v) is 3.09. The number of hydrogen-bond acceptors (Lipinski definition) is 3. The van der Waals surface area contributed by atoms with Crippen LogP contribution in [0.5, 0.6) is 6.01 Å². The molecule has 5 nitrogen and oxygen atoms in total. The SMILES string of the molecule is C=CCn1c(OC)n[nH]c1=O. The van der Waals surface area contributed by atoms with Gasteiger partial charge in [0.25, 0.3) is 0 Å². The van der Waals surface area contributed by atoms with Gasteiger partial charge >= 0.3 is 11.7 Å². The second-order valence-corrected chi connectivity index (χ2v) is 1.91. The quantitative estimate of drug-likeness (QED) is 0.613. The molecule has 0 amide bonds. The van der Waals surface area contributed by atoms with E-state index in [0.717, 1.165) is 0 Å². The van der Waals surface area contributed by atoms with Crippen molar-refractivity contribution in [3.8, 4) is 6.01 Å². The summed E-state index contributed by atoms with van der Waals surface area (Å²) in [6, 6.07) is 0.273. The number of rotatable bonds is 3. The molecular weight excluding hydrogens is 146 g/mol. The Balaban J connectivity index is 3.06. The van der Waals surface area contributed by atoms with Crippen LogP contribution in [-0.2, 0) is 6.54 Å². The number of ether oxygens (including phenoxy) is 1. The molecule has 0 aliphatic rings. The minimum absolute atomic E-state index is 0.273. The van der Waals surface area contributed by atoms with E-state index in [4.69, 9.17) is 4.74 Å². The van der Waals surface area contributed by atoms with E-state index in [1.807, 2.05) is 0 Å². The lowest BCUT2D eigenvalue weighted by molar-refractivity contribution is 0.359. The number of nitrogens with zero attached hydrogens (tertiary/aromatic N) is 2. The van der Waals surface area contributed by atoms with E-state index in [0.29, 0.717) is 6.54 Å². The third-order valence-corrected chi connectivity index (χ3v) is 1.22. The average molecular weight is 155 g/mol. The maximum Gasteiger partial charge on any atom is 0.346 e. The van der Waals surface area contributed by atoms with E-state index < -0.39 is 0 Å². The molecule has 1 N–H and O–H groups in total. The van der Waals surface area contributed by atoms with Crippen molar-refractivity contribution in [2.24, 2.45) is 0 Å². The lowest BCUT2D eigenvalue weighted by Gasteiger charge is -1.97. The number of aromatic amines is 1. The van der Waals surface area contributed by atoms with Crippen LogP contribution in [0.2, 0.25) is 0 Å². The number of aromatic nitrogens is 3. The lowest BCUT2D eigenvalue weighted by atomic mass is 10.6. The summed E-state index contributed by atoms with van der Waals surface area (Å²) in [6.45, 7) is 3.90. The Morgan fingerprint density at radius 2 is 2.64 bits per heavy atom. The summed E-state index contributed by atoms with van der Waals surface area (Å²) in [5, 5.41) is 5.87. The predicted molar refractivity (Wildman–Crippen MR) is 39.6 cm³/mol. The van der Waals surface area contributed by atoms with Crippen molar-refractivity contribution in [1.29, 1.82) is 0 Å². The summed E-state index contributed by atoms with van der Waals surface area (Å²) in [5.41, 5.74) is -0.290. The zero-order chi connectivity index (χ0) is 8.27. The Morgan fingerprint density at radius 1 is 1.91 bits per heavy atom. The Kier molecular flexibility index (Phi) is 2.10. The lowest BCUT2D eigenvalue weighted by Crippen LogP contribution is -2.16. The normalized spacial score (nSPS) is 9.55. The number of hydrogen-bond donors (Lipinski definition) is 1. The summed E-state index contributed by atoms with van der Waals surface area (Å²) < 4.78 is 6.13. The van der Waals surface area contributed by atoms with Crippen LogP contribution >= 0.6 is 0 Å². The molecule has 5 heteroatoms. The van der Waals surface area contributed by atoms with Gasteiger partial charge in [-0.15, -0.1) is 11.7 Å². The van der Waals surface area contributed by atoms with Crippen molar-refractivity contribution >= 4 is 0 Å². The van der Waals surface area contributed by atoms with Gasteiger partial charge in [-0.25, -0.2) is 14.5 Å². The smallest absolute Gasteiger partial charge is 0.346 e. The van der Waals surface area contributed by atoms with Crippen molar-refractivity contribution in [2.75, 3.05) is 7.11 Å². The Bertz CT molecular complexity index is 299. The van der Waals surface area contributed by atoms with E-state index in [-0.39, 0.29) is 11.7 Å². The molecule has 1 aromatic heterocycles. The first kappa shape index (κ1) is 7.59. The average Bonchev–Trinajstić information content (AvgIpc) is 2.34. The highest BCUT2D eigenvalue weighted by atomic mass is 16.5. The summed E-state index contributed by atoms with van der Waals surface area (Å²) in [4.78, 5) is 10.9. The molecule has 1 heterocycles. The second-order valence-electron chi connectivity index (χ2n) is 1.91. The highest BCUT2D eigenvalue weighted by Crippen LogP contribution is 1.98. The van der Waals surface area contributed by atoms with Crippen molar-refractivity contribution in [3.63, 3.8) is 0 Å². The second kappa shape index (κ2) is 3.05. The number of nitrogens with one attached hydrogen (secondary N) is 1. The van der Waals surface area contributed by atoms with Gasteiger partial charge in [-0.05, 0) is 0 Å². The largest absolute Gasteiger partial charge is 0.467 e. The van der Waals surface area contributed by atoms with Gasteiger partial charge in [-0.3, -0.25) is 0 Å². The number of H-pyrrole nitrogens is 1. The van der Waals surface area contributed by atoms with E-state index in [9.17, 15) is 4.79 Å². The predicted octanol–water partition coefficient (Wildman–Crippen LogP) is -0.234. The molecule has 1 aromatic rings. The first-order chi connectivity index (χ1) is 5.29. The Morgan fingerprint density at radius 3 is 3.18 bits per heavy atom. The number of methoxy groups -OCH3 is 1. The molecule has 1 rings (SSSR count). The third kappa shape index (κ3) is 1.31. The Hall–Kier alpha value is -1.52. The molecule has 0 aliphatic carbocycles. The monoisotopic (exact) mass is 155 g/mol. The molecule has 0 bridgehead atoms. The molecule has 0 spiro atoms. The van der Waals surface area contributed by atoms with Gasteiger partial charge < -0.3 is 4.74 Å². The third-order valence-electron chi connectivity index (χ3n) is 1.22. The van der Waals surface area contributed by atoms with Crippen LogP contribution in [0.25, 0.3) is 0 Å². The van der Waals surface area contributed by atoms with Crippen LogP contribution < -0.4 is 10.4 Å². The van der Waals surface area contributed by atoms with Crippen molar-refractivity contribution < 1.29 is 4.74 Å². The molecule has 0 fully saturated rings. The van der Waals surface area contributed by atoms with Gasteiger partial charge in [0, 0.05) is 0 Å². The van der Waals surface area contributed by atoms with Gasteiger partial charge in [-0.1, -0.05) is 6.08 Å². The van der Waals surface area contributed by atoms with E-state index in [1.165, 1.54) is 11.7 Å². The summed E-state index contributed by atoms with van der Waals surface area (Å²) in [7, 11) is 1.45. The van der Waals surface area contributed by atoms with E-state index >= 15 is 0 Å². The molecule has 60 valence electrons. The maximum atomic E-state index is 10.9. The fourth-order valence-corrected chi connectivity index (χ4v) is 0.749. The van der Waals surface area contributed by atoms with Crippen LogP contribution in [0.4, 0.5) is 0 Å². The van der Waals surface area contributed by atoms with Crippen LogP contribution in [0.15, 0.2) is 17.4 Å². The molecule has 0 unspecified atom stereocenters. The summed E-state index contributed by atoms with van der Waals surface area (Å²) in [5.74, 6) is 0. The zero-order valence-electron chi connectivity index (χ0n) is 6.20. The van der Waals surface area contributed by atoms with Gasteiger partial charge in [-0.2, -0.15) is 0 Å². The van der Waals surface area contributed by atoms with Gasteiger partial charge in [0.05, 0.1) is 13.7 Å².